The second-order valence-corrected chi connectivity index (χ2v) is 11.2. The number of sulfonamides is 1. The number of allylic oxidation sites excluding steroid dienone is 1. The molecule has 0 aliphatic carbocycles. The number of benzene rings is 2. The van der Waals surface area contributed by atoms with E-state index in [1.165, 1.54) is 0 Å². The molecular weight excluding hydrogens is 498 g/mol. The van der Waals surface area contributed by atoms with Crippen molar-refractivity contribution in [2.45, 2.75) is 17.7 Å². The summed E-state index contributed by atoms with van der Waals surface area (Å²) >= 11 is 5.91. The van der Waals surface area contributed by atoms with Gasteiger partial charge in [0, 0.05) is 61.5 Å². The van der Waals surface area contributed by atoms with Crippen molar-refractivity contribution in [3.63, 3.8) is 0 Å². The third-order valence-electron chi connectivity index (χ3n) is 6.62. The molecule has 2 aliphatic heterocycles. The van der Waals surface area contributed by atoms with Gasteiger partial charge in [-0.3, -0.25) is 0 Å². The van der Waals surface area contributed by atoms with E-state index in [2.05, 4.69) is 16.0 Å². The first-order valence-electron chi connectivity index (χ1n) is 11.9. The smallest absolute Gasteiger partial charge is 0.243 e. The molecule has 2 aliphatic rings. The van der Waals surface area contributed by atoms with Crippen molar-refractivity contribution >= 4 is 27.2 Å². The fraction of sp³-hybridized carbons (Fsp3) is 0.296. The fourth-order valence-corrected chi connectivity index (χ4v) is 6.21. The first kappa shape index (κ1) is 24.8. The van der Waals surface area contributed by atoms with Crippen molar-refractivity contribution in [3.05, 3.63) is 83.0 Å². The van der Waals surface area contributed by atoms with Crippen LogP contribution in [-0.4, -0.2) is 62.4 Å². The van der Waals surface area contributed by atoms with Gasteiger partial charge in [0.15, 0.2) is 0 Å². The van der Waals surface area contributed by atoms with Crippen LogP contribution in [0.15, 0.2) is 71.8 Å². The van der Waals surface area contributed by atoms with Crippen molar-refractivity contribution in [2.24, 2.45) is 0 Å². The molecule has 36 heavy (non-hydrogen) atoms. The zero-order chi connectivity index (χ0) is 25.1. The Balaban J connectivity index is 1.26. The van der Waals surface area contributed by atoms with Crippen molar-refractivity contribution in [1.82, 2.24) is 14.2 Å². The number of rotatable bonds is 6. The van der Waals surface area contributed by atoms with E-state index in [9.17, 15) is 8.42 Å². The minimum Gasteiger partial charge on any atom is -0.496 e. The minimum absolute atomic E-state index is 0.281. The van der Waals surface area contributed by atoms with Crippen molar-refractivity contribution < 1.29 is 17.9 Å². The molecule has 188 valence electrons. The quantitative estimate of drug-likeness (QED) is 0.457. The molecule has 0 saturated carbocycles. The summed E-state index contributed by atoms with van der Waals surface area (Å²) < 4.78 is 39.2. The minimum atomic E-state index is -3.51. The number of hydrogen-bond donors (Lipinski definition) is 0. The Morgan fingerprint density at radius 1 is 1.06 bits per heavy atom. The molecule has 0 atom stereocenters. The van der Waals surface area contributed by atoms with Crippen LogP contribution in [-0.2, 0) is 16.4 Å². The summed E-state index contributed by atoms with van der Waals surface area (Å²) in [6, 6.07) is 16.1. The molecular formula is C27H28ClN3O4S. The van der Waals surface area contributed by atoms with Crippen LogP contribution >= 0.6 is 11.6 Å². The number of aromatic nitrogens is 1. The van der Waals surface area contributed by atoms with Gasteiger partial charge in [0.05, 0.1) is 12.0 Å². The van der Waals surface area contributed by atoms with Gasteiger partial charge in [-0.2, -0.15) is 4.31 Å². The lowest BCUT2D eigenvalue weighted by Crippen LogP contribution is -2.48. The zero-order valence-electron chi connectivity index (χ0n) is 20.1. The van der Waals surface area contributed by atoms with Crippen molar-refractivity contribution in [3.8, 4) is 17.4 Å². The molecule has 1 saturated heterocycles. The Morgan fingerprint density at radius 3 is 2.58 bits per heavy atom. The van der Waals surface area contributed by atoms with Gasteiger partial charge in [-0.1, -0.05) is 23.7 Å². The van der Waals surface area contributed by atoms with Gasteiger partial charge in [0.25, 0.3) is 0 Å². The molecule has 2 aromatic carbocycles. The molecule has 0 N–H and O–H groups in total. The molecule has 0 bridgehead atoms. The summed E-state index contributed by atoms with van der Waals surface area (Å²) in [7, 11) is -1.84. The van der Waals surface area contributed by atoms with Gasteiger partial charge in [-0.15, -0.1) is 0 Å². The number of hydrogen-bond acceptors (Lipinski definition) is 6. The number of methoxy groups -OCH3 is 1. The van der Waals surface area contributed by atoms with Crippen LogP contribution in [0.2, 0.25) is 5.02 Å². The summed E-state index contributed by atoms with van der Waals surface area (Å²) in [6.45, 7) is 3.15. The van der Waals surface area contributed by atoms with E-state index in [1.807, 2.05) is 30.3 Å². The molecule has 1 aromatic heterocycles. The normalized spacial score (nSPS) is 17.7. The van der Waals surface area contributed by atoms with E-state index in [-0.39, 0.29) is 4.90 Å². The van der Waals surface area contributed by atoms with Crippen LogP contribution < -0.4 is 9.47 Å². The van der Waals surface area contributed by atoms with E-state index in [4.69, 9.17) is 21.1 Å². The highest BCUT2D eigenvalue weighted by Gasteiger charge is 2.28. The van der Waals surface area contributed by atoms with Crippen LogP contribution in [0.5, 0.6) is 17.4 Å². The second-order valence-electron chi connectivity index (χ2n) is 8.79. The van der Waals surface area contributed by atoms with Gasteiger partial charge >= 0.3 is 0 Å². The average molecular weight is 526 g/mol. The lowest BCUT2D eigenvalue weighted by molar-refractivity contribution is 0.191. The Kier molecular flexibility index (Phi) is 7.29. The monoisotopic (exact) mass is 525 g/mol. The van der Waals surface area contributed by atoms with E-state index < -0.39 is 10.0 Å². The number of piperazine rings is 1. The summed E-state index contributed by atoms with van der Waals surface area (Å²) in [5.41, 5.74) is 3.13. The molecule has 7 nitrogen and oxygen atoms in total. The molecule has 0 radical (unpaired) electrons. The van der Waals surface area contributed by atoms with Crippen LogP contribution in [0, 0.1) is 0 Å². The van der Waals surface area contributed by atoms with Crippen molar-refractivity contribution in [1.29, 1.82) is 0 Å². The van der Waals surface area contributed by atoms with Gasteiger partial charge in [-0.05, 0) is 60.5 Å². The van der Waals surface area contributed by atoms with E-state index in [0.29, 0.717) is 43.5 Å². The van der Waals surface area contributed by atoms with Gasteiger partial charge < -0.3 is 14.4 Å². The Bertz CT molecular complexity index is 1370. The van der Waals surface area contributed by atoms with Gasteiger partial charge in [0.2, 0.25) is 15.9 Å². The second kappa shape index (κ2) is 10.6. The Morgan fingerprint density at radius 2 is 1.83 bits per heavy atom. The Hall–Kier alpha value is -2.91. The molecule has 1 fully saturated rings. The van der Waals surface area contributed by atoms with E-state index >= 15 is 0 Å². The van der Waals surface area contributed by atoms with Crippen LogP contribution in [0.4, 0.5) is 0 Å². The summed E-state index contributed by atoms with van der Waals surface area (Å²) in [5, 5.41) is 0.522. The lowest BCUT2D eigenvalue weighted by Gasteiger charge is -2.33. The number of halogens is 1. The Labute approximate surface area is 217 Å². The van der Waals surface area contributed by atoms with Gasteiger partial charge in [-0.25, -0.2) is 13.4 Å². The number of nitrogens with zero attached hydrogens (tertiary/aromatic N) is 3. The molecule has 9 heteroatoms. The van der Waals surface area contributed by atoms with Crippen LogP contribution in [0.25, 0.3) is 5.57 Å². The molecule has 0 unspecified atom stereocenters. The van der Waals surface area contributed by atoms with Gasteiger partial charge in [0.1, 0.15) is 11.5 Å². The summed E-state index contributed by atoms with van der Waals surface area (Å²) in [5.74, 6) is 2.15. The fourth-order valence-electron chi connectivity index (χ4n) is 4.67. The first-order valence-corrected chi connectivity index (χ1v) is 13.7. The lowest BCUT2D eigenvalue weighted by atomic mass is 9.97. The van der Waals surface area contributed by atoms with Crippen LogP contribution in [0.3, 0.4) is 0 Å². The number of fused-ring (bicyclic) bond motifs is 2. The number of pyridine rings is 1. The molecule has 5 rings (SSSR count). The predicted molar refractivity (Wildman–Crippen MR) is 140 cm³/mol. The highest BCUT2D eigenvalue weighted by atomic mass is 35.5. The molecule has 3 aromatic rings. The average Bonchev–Trinajstić information content (AvgIpc) is 3.06. The van der Waals surface area contributed by atoms with E-state index in [1.54, 1.807) is 41.9 Å². The predicted octanol–water partition coefficient (Wildman–Crippen LogP) is 4.87. The maximum atomic E-state index is 13.0. The SMILES string of the molecule is COc1cccc2c1CC(=CCCN1CCN(S(=O)(=O)c3ccc(Cl)cc3)CC1)c1cccnc1O2. The first-order chi connectivity index (χ1) is 17.5. The molecule has 0 spiro atoms. The third kappa shape index (κ3) is 5.13. The highest BCUT2D eigenvalue weighted by Crippen LogP contribution is 2.41. The maximum Gasteiger partial charge on any atom is 0.243 e. The van der Waals surface area contributed by atoms with Crippen LogP contribution in [0.1, 0.15) is 17.5 Å². The largest absolute Gasteiger partial charge is 0.496 e. The summed E-state index contributed by atoms with van der Waals surface area (Å²) in [6.07, 6.45) is 5.49. The zero-order valence-corrected chi connectivity index (χ0v) is 21.6. The molecule has 0 amide bonds. The highest BCUT2D eigenvalue weighted by molar-refractivity contribution is 7.89. The standard InChI is InChI=1S/C27H28ClN3O4S/c1-34-25-7-2-8-26-24(25)19-20(23-6-3-13-29-27(23)35-26)5-4-14-30-15-17-31(18-16-30)36(32,33)22-11-9-21(28)10-12-22/h2-3,5-13H,4,14-19H2,1H3. The molecule has 3 heterocycles. The topological polar surface area (TPSA) is 72.0 Å². The summed E-state index contributed by atoms with van der Waals surface area (Å²) in [4.78, 5) is 7.04. The maximum absolute atomic E-state index is 13.0. The third-order valence-corrected chi connectivity index (χ3v) is 8.78. The van der Waals surface area contributed by atoms with E-state index in [0.717, 1.165) is 41.2 Å². The van der Waals surface area contributed by atoms with Crippen molar-refractivity contribution in [2.75, 3.05) is 39.8 Å². The number of ether oxygens (including phenoxy) is 2.